The van der Waals surface area contributed by atoms with Gasteiger partial charge in [0.25, 0.3) is 0 Å². The molecule has 1 N–H and O–H groups in total. The van der Waals surface area contributed by atoms with Gasteiger partial charge in [0.05, 0.1) is 5.92 Å². The Hall–Kier alpha value is -1.06. The number of aliphatic carboxylic acids is 1. The maximum atomic E-state index is 11.5. The first-order chi connectivity index (χ1) is 11.0. The van der Waals surface area contributed by atoms with Crippen molar-refractivity contribution in [1.29, 1.82) is 0 Å². The first kappa shape index (κ1) is 21.9. The third-order valence-electron chi connectivity index (χ3n) is 4.29. The summed E-state index contributed by atoms with van der Waals surface area (Å²) in [5, 5.41) is 9.46. The molecule has 0 aliphatic carbocycles. The molecule has 4 nitrogen and oxygen atoms in total. The molecule has 2 unspecified atom stereocenters. The molecule has 0 rings (SSSR count). The monoisotopic (exact) mass is 328 g/mol. The van der Waals surface area contributed by atoms with Gasteiger partial charge in [0.1, 0.15) is 6.10 Å². The predicted octanol–water partition coefficient (Wildman–Crippen LogP) is 5.34. The number of esters is 1. The highest BCUT2D eigenvalue weighted by molar-refractivity contribution is 5.72. The van der Waals surface area contributed by atoms with E-state index in [1.165, 1.54) is 39.0 Å². The van der Waals surface area contributed by atoms with Crippen molar-refractivity contribution in [2.45, 2.75) is 104 Å². The molecule has 0 saturated carbocycles. The second kappa shape index (κ2) is 14.5. The molecule has 0 bridgehead atoms. The van der Waals surface area contributed by atoms with E-state index in [-0.39, 0.29) is 5.97 Å². The average molecular weight is 328 g/mol. The van der Waals surface area contributed by atoms with Crippen LogP contribution in [-0.4, -0.2) is 23.1 Å². The summed E-state index contributed by atoms with van der Waals surface area (Å²) >= 11 is 0. The van der Waals surface area contributed by atoms with Gasteiger partial charge in [-0.15, -0.1) is 0 Å². The second-order valence-corrected chi connectivity index (χ2v) is 6.50. The van der Waals surface area contributed by atoms with E-state index in [1.807, 2.05) is 0 Å². The van der Waals surface area contributed by atoms with Gasteiger partial charge in [-0.25, -0.2) is 0 Å². The molecule has 0 aromatic rings. The van der Waals surface area contributed by atoms with Gasteiger partial charge in [-0.1, -0.05) is 71.6 Å². The summed E-state index contributed by atoms with van der Waals surface area (Å²) in [5.41, 5.74) is 0. The van der Waals surface area contributed by atoms with Crippen molar-refractivity contribution in [1.82, 2.24) is 0 Å². The van der Waals surface area contributed by atoms with Crippen LogP contribution in [0.3, 0.4) is 0 Å². The lowest BCUT2D eigenvalue weighted by Gasteiger charge is -2.23. The summed E-state index contributed by atoms with van der Waals surface area (Å²) in [4.78, 5) is 22.8. The third-order valence-corrected chi connectivity index (χ3v) is 4.29. The Bertz CT molecular complexity index is 314. The Morgan fingerprint density at radius 3 is 1.83 bits per heavy atom. The summed E-state index contributed by atoms with van der Waals surface area (Å²) in [6.07, 6.45) is 12.0. The number of carbonyl (C=O) groups excluding carboxylic acids is 1. The van der Waals surface area contributed by atoms with E-state index in [4.69, 9.17) is 4.74 Å². The van der Waals surface area contributed by atoms with E-state index < -0.39 is 18.0 Å². The fraction of sp³-hybridized carbons (Fsp3) is 0.895. The van der Waals surface area contributed by atoms with Crippen LogP contribution in [0.4, 0.5) is 0 Å². The molecule has 0 amide bonds. The summed E-state index contributed by atoms with van der Waals surface area (Å²) < 4.78 is 5.33. The Morgan fingerprint density at radius 2 is 1.30 bits per heavy atom. The Kier molecular flexibility index (Phi) is 13.9. The van der Waals surface area contributed by atoms with Crippen LogP contribution in [0, 0.1) is 5.92 Å². The minimum absolute atomic E-state index is 0.375. The van der Waals surface area contributed by atoms with Crippen LogP contribution in [0.1, 0.15) is 97.8 Å². The lowest BCUT2D eigenvalue weighted by molar-refractivity contribution is -0.158. The van der Waals surface area contributed by atoms with Crippen molar-refractivity contribution in [2.75, 3.05) is 0 Å². The van der Waals surface area contributed by atoms with E-state index in [9.17, 15) is 14.7 Å². The number of hydrogen-bond donors (Lipinski definition) is 1. The number of carboxylic acid groups (broad SMARTS) is 1. The van der Waals surface area contributed by atoms with Crippen LogP contribution in [0.25, 0.3) is 0 Å². The molecular formula is C19H36O4. The molecule has 4 heteroatoms. The molecule has 136 valence electrons. The van der Waals surface area contributed by atoms with Crippen LogP contribution in [-0.2, 0) is 14.3 Å². The van der Waals surface area contributed by atoms with Gasteiger partial charge in [-0.05, 0) is 19.3 Å². The van der Waals surface area contributed by atoms with Crippen molar-refractivity contribution in [3.05, 3.63) is 0 Å². The highest BCUT2D eigenvalue weighted by atomic mass is 16.5. The normalized spacial score (nSPS) is 13.5. The highest BCUT2D eigenvalue weighted by Gasteiger charge is 2.29. The summed E-state index contributed by atoms with van der Waals surface area (Å²) in [6, 6.07) is 0. The Morgan fingerprint density at radius 1 is 0.826 bits per heavy atom. The molecule has 0 aliphatic heterocycles. The molecule has 2 atom stereocenters. The van der Waals surface area contributed by atoms with Gasteiger partial charge < -0.3 is 9.84 Å². The van der Waals surface area contributed by atoms with Crippen molar-refractivity contribution in [3.63, 3.8) is 0 Å². The number of carbonyl (C=O) groups is 2. The second-order valence-electron chi connectivity index (χ2n) is 6.50. The fourth-order valence-corrected chi connectivity index (χ4v) is 2.94. The molecule has 0 radical (unpaired) electrons. The van der Waals surface area contributed by atoms with Crippen molar-refractivity contribution >= 4 is 11.9 Å². The van der Waals surface area contributed by atoms with Crippen LogP contribution >= 0.6 is 0 Å². The summed E-state index contributed by atoms with van der Waals surface area (Å²) in [5.74, 6) is -1.78. The third kappa shape index (κ3) is 12.1. The average Bonchev–Trinajstić information content (AvgIpc) is 2.49. The Balaban J connectivity index is 4.29. The molecule has 23 heavy (non-hydrogen) atoms. The highest BCUT2D eigenvalue weighted by Crippen LogP contribution is 2.22. The number of rotatable bonds is 15. The maximum Gasteiger partial charge on any atom is 0.310 e. The molecule has 0 aromatic heterocycles. The van der Waals surface area contributed by atoms with Gasteiger partial charge in [-0.3, -0.25) is 9.59 Å². The maximum absolute atomic E-state index is 11.5. The zero-order valence-corrected chi connectivity index (χ0v) is 15.3. The van der Waals surface area contributed by atoms with Crippen molar-refractivity contribution < 1.29 is 19.4 Å². The zero-order valence-electron chi connectivity index (χ0n) is 15.3. The SMILES string of the molecule is CCCCCCCCCC(OC(C)=O)C(CCCCC)C(=O)O. The quantitative estimate of drug-likeness (QED) is 0.325. The lowest BCUT2D eigenvalue weighted by Crippen LogP contribution is -2.32. The van der Waals surface area contributed by atoms with Crippen molar-refractivity contribution in [2.24, 2.45) is 5.92 Å². The number of carboxylic acids is 1. The van der Waals surface area contributed by atoms with Crippen LogP contribution in [0.15, 0.2) is 0 Å². The Labute approximate surface area is 142 Å². The smallest absolute Gasteiger partial charge is 0.310 e. The van der Waals surface area contributed by atoms with Gasteiger partial charge in [0.2, 0.25) is 0 Å². The molecule has 0 heterocycles. The van der Waals surface area contributed by atoms with E-state index in [0.717, 1.165) is 32.1 Å². The van der Waals surface area contributed by atoms with Gasteiger partial charge in [-0.2, -0.15) is 0 Å². The van der Waals surface area contributed by atoms with Crippen molar-refractivity contribution in [3.8, 4) is 0 Å². The van der Waals surface area contributed by atoms with Gasteiger partial charge >= 0.3 is 11.9 Å². The minimum Gasteiger partial charge on any atom is -0.481 e. The van der Waals surface area contributed by atoms with Gasteiger partial charge in [0, 0.05) is 6.92 Å². The molecule has 0 aromatic carbocycles. The molecule has 0 saturated heterocycles. The predicted molar refractivity (Wildman–Crippen MR) is 93.4 cm³/mol. The number of ether oxygens (including phenoxy) is 1. The van der Waals surface area contributed by atoms with Crippen LogP contribution in [0.2, 0.25) is 0 Å². The van der Waals surface area contributed by atoms with E-state index in [2.05, 4.69) is 13.8 Å². The first-order valence-corrected chi connectivity index (χ1v) is 9.42. The van der Waals surface area contributed by atoms with E-state index in [1.54, 1.807) is 0 Å². The summed E-state index contributed by atoms with van der Waals surface area (Å²) in [7, 11) is 0. The largest absolute Gasteiger partial charge is 0.481 e. The van der Waals surface area contributed by atoms with Gasteiger partial charge in [0.15, 0.2) is 0 Å². The zero-order chi connectivity index (χ0) is 17.5. The molecular weight excluding hydrogens is 292 g/mol. The first-order valence-electron chi connectivity index (χ1n) is 9.42. The lowest BCUT2D eigenvalue weighted by atomic mass is 9.91. The molecule has 0 fully saturated rings. The minimum atomic E-state index is -0.838. The standard InChI is InChI=1S/C19H36O4/c1-4-6-8-9-10-11-13-15-18(23-16(3)20)17(19(21)22)14-12-7-5-2/h17-18H,4-15H2,1-3H3,(H,21,22). The van der Waals surface area contributed by atoms with E-state index >= 15 is 0 Å². The number of unbranched alkanes of at least 4 members (excludes halogenated alkanes) is 8. The number of hydrogen-bond acceptors (Lipinski definition) is 3. The fourth-order valence-electron chi connectivity index (χ4n) is 2.94. The van der Waals surface area contributed by atoms with Crippen LogP contribution in [0.5, 0.6) is 0 Å². The summed E-state index contributed by atoms with van der Waals surface area (Å²) in [6.45, 7) is 5.66. The molecule has 0 spiro atoms. The van der Waals surface area contributed by atoms with E-state index in [0.29, 0.717) is 12.8 Å². The van der Waals surface area contributed by atoms with Crippen LogP contribution < -0.4 is 0 Å². The topological polar surface area (TPSA) is 63.6 Å². The molecule has 0 aliphatic rings.